The predicted octanol–water partition coefficient (Wildman–Crippen LogP) is -0.163. The number of aromatic nitrogens is 1. The number of methoxy groups -OCH3 is 1. The zero-order valence-electron chi connectivity index (χ0n) is 13.9. The maximum Gasteiger partial charge on any atom is 0.328 e. The van der Waals surface area contributed by atoms with E-state index in [0.717, 1.165) is 18.9 Å². The number of carbonyl (C=O) groups is 3. The molecule has 26 heavy (non-hydrogen) atoms. The third kappa shape index (κ3) is 2.32. The van der Waals surface area contributed by atoms with E-state index >= 15 is 0 Å². The van der Waals surface area contributed by atoms with E-state index in [4.69, 9.17) is 0 Å². The Morgan fingerprint density at radius 3 is 2.65 bits per heavy atom. The van der Waals surface area contributed by atoms with Crippen molar-refractivity contribution in [3.63, 3.8) is 0 Å². The SMILES string of the molecule is COC(=O)C[C@@]1(C)[C@H](C(=O)O)N2C(=O)/C(=C/c3ccccn3)[C@H]2S1(=O)=O. The summed E-state index contributed by atoms with van der Waals surface area (Å²) in [5.74, 6) is -3.06. The van der Waals surface area contributed by atoms with Gasteiger partial charge >= 0.3 is 11.9 Å². The zero-order valence-corrected chi connectivity index (χ0v) is 14.8. The number of pyridine rings is 1. The lowest BCUT2D eigenvalue weighted by atomic mass is 9.91. The van der Waals surface area contributed by atoms with Crippen LogP contribution >= 0.6 is 0 Å². The first-order chi connectivity index (χ1) is 12.1. The molecule has 1 aromatic heterocycles. The molecule has 0 bridgehead atoms. The summed E-state index contributed by atoms with van der Waals surface area (Å²) in [7, 11) is -3.12. The molecule has 2 aliphatic heterocycles. The largest absolute Gasteiger partial charge is 0.480 e. The second-order valence-corrected chi connectivity index (χ2v) is 8.74. The van der Waals surface area contributed by atoms with E-state index in [1.807, 2.05) is 0 Å². The molecule has 1 amide bonds. The average Bonchev–Trinajstić information content (AvgIpc) is 2.75. The Balaban J connectivity index is 2.10. The number of fused-ring (bicyclic) bond motifs is 1. The Hall–Kier alpha value is -2.75. The Morgan fingerprint density at radius 1 is 1.42 bits per heavy atom. The van der Waals surface area contributed by atoms with Gasteiger partial charge in [-0.05, 0) is 25.1 Å². The second kappa shape index (κ2) is 5.90. The Bertz CT molecular complexity index is 925. The molecule has 138 valence electrons. The molecule has 3 rings (SSSR count). The molecule has 1 aromatic rings. The van der Waals surface area contributed by atoms with Crippen LogP contribution in [0, 0.1) is 0 Å². The van der Waals surface area contributed by atoms with Crippen molar-refractivity contribution in [3.05, 3.63) is 35.7 Å². The van der Waals surface area contributed by atoms with Crippen molar-refractivity contribution < 1.29 is 32.6 Å². The van der Waals surface area contributed by atoms with E-state index in [9.17, 15) is 27.9 Å². The highest BCUT2D eigenvalue weighted by molar-refractivity contribution is 7.94. The van der Waals surface area contributed by atoms with Crippen molar-refractivity contribution in [2.75, 3.05) is 7.11 Å². The van der Waals surface area contributed by atoms with Gasteiger partial charge in [0.1, 0.15) is 4.75 Å². The van der Waals surface area contributed by atoms with Crippen LogP contribution in [0.3, 0.4) is 0 Å². The minimum atomic E-state index is -4.20. The van der Waals surface area contributed by atoms with Crippen LogP contribution in [0.15, 0.2) is 30.0 Å². The summed E-state index contributed by atoms with van der Waals surface area (Å²) < 4.78 is 28.6. The average molecular weight is 380 g/mol. The number of carbonyl (C=O) groups excluding carboxylic acids is 2. The zero-order chi connectivity index (χ0) is 19.3. The Morgan fingerprint density at radius 2 is 2.12 bits per heavy atom. The molecule has 0 radical (unpaired) electrons. The standard InChI is InChI=1S/C16H16N2O7S/c1-16(8-11(19)25-2)12(15(21)22)18-13(20)10(14(18)26(16,23)24)7-9-5-3-4-6-17-9/h3-7,12,14H,8H2,1-2H3,(H,21,22)/b10-7-/t12-,14+,16-/m0/s1. The molecular formula is C16H16N2O7S. The molecular weight excluding hydrogens is 364 g/mol. The van der Waals surface area contributed by atoms with Gasteiger partial charge in [-0.3, -0.25) is 14.6 Å². The van der Waals surface area contributed by atoms with Crippen LogP contribution in [0.4, 0.5) is 0 Å². The molecule has 0 saturated carbocycles. The first-order valence-corrected chi connectivity index (χ1v) is 9.18. The van der Waals surface area contributed by atoms with E-state index in [1.54, 1.807) is 18.2 Å². The number of aliphatic carboxylic acids is 1. The molecule has 2 aliphatic rings. The van der Waals surface area contributed by atoms with Crippen molar-refractivity contribution in [1.29, 1.82) is 0 Å². The number of ether oxygens (including phenoxy) is 1. The van der Waals surface area contributed by atoms with E-state index in [0.29, 0.717) is 5.69 Å². The lowest BCUT2D eigenvalue weighted by molar-refractivity contribution is -0.154. The number of nitrogens with zero attached hydrogens (tertiary/aromatic N) is 2. The van der Waals surface area contributed by atoms with E-state index in [2.05, 4.69) is 9.72 Å². The van der Waals surface area contributed by atoms with Gasteiger partial charge in [-0.2, -0.15) is 0 Å². The van der Waals surface area contributed by atoms with Crippen LogP contribution < -0.4 is 0 Å². The van der Waals surface area contributed by atoms with Gasteiger partial charge in [-0.15, -0.1) is 0 Å². The highest BCUT2D eigenvalue weighted by atomic mass is 32.2. The van der Waals surface area contributed by atoms with Gasteiger partial charge in [0.25, 0.3) is 5.91 Å². The van der Waals surface area contributed by atoms with Crippen molar-refractivity contribution in [1.82, 2.24) is 9.88 Å². The first-order valence-electron chi connectivity index (χ1n) is 7.63. The van der Waals surface area contributed by atoms with Crippen LogP contribution in [0.25, 0.3) is 6.08 Å². The number of carboxylic acids is 1. The summed E-state index contributed by atoms with van der Waals surface area (Å²) in [5, 5.41) is 8.12. The lowest BCUT2D eigenvalue weighted by Gasteiger charge is -2.37. The number of amides is 1. The minimum absolute atomic E-state index is 0.0662. The number of β-lactam (4-membered cyclic amide) rings is 1. The molecule has 0 aromatic carbocycles. The molecule has 3 heterocycles. The van der Waals surface area contributed by atoms with E-state index in [-0.39, 0.29) is 5.57 Å². The molecule has 9 nitrogen and oxygen atoms in total. The molecule has 0 unspecified atom stereocenters. The maximum absolute atomic E-state index is 13.1. The number of esters is 1. The van der Waals surface area contributed by atoms with Crippen molar-refractivity contribution in [2.45, 2.75) is 29.5 Å². The van der Waals surface area contributed by atoms with Crippen LogP contribution in [-0.4, -0.2) is 64.5 Å². The van der Waals surface area contributed by atoms with E-state index < -0.39 is 50.3 Å². The van der Waals surface area contributed by atoms with Crippen LogP contribution in [-0.2, 0) is 29.0 Å². The minimum Gasteiger partial charge on any atom is -0.480 e. The summed E-state index contributed by atoms with van der Waals surface area (Å²) in [6, 6.07) is 3.25. The molecule has 0 spiro atoms. The first kappa shape index (κ1) is 18.1. The quantitative estimate of drug-likeness (QED) is 0.433. The summed E-state index contributed by atoms with van der Waals surface area (Å²) in [6.45, 7) is 1.15. The van der Waals surface area contributed by atoms with Crippen LogP contribution in [0.1, 0.15) is 19.0 Å². The predicted molar refractivity (Wildman–Crippen MR) is 88.2 cm³/mol. The van der Waals surface area contributed by atoms with E-state index in [1.165, 1.54) is 12.3 Å². The number of hydrogen-bond acceptors (Lipinski definition) is 7. The number of rotatable bonds is 4. The third-order valence-electron chi connectivity index (χ3n) is 4.75. The lowest BCUT2D eigenvalue weighted by Crippen LogP contribution is -2.59. The summed E-state index contributed by atoms with van der Waals surface area (Å²) in [5.41, 5.74) is 0.308. The van der Waals surface area contributed by atoms with Gasteiger partial charge in [0.05, 0.1) is 24.8 Å². The number of carboxylic acid groups (broad SMARTS) is 1. The Kier molecular flexibility index (Phi) is 4.10. The van der Waals surface area contributed by atoms with Gasteiger partial charge in [0.2, 0.25) is 0 Å². The van der Waals surface area contributed by atoms with Gasteiger partial charge < -0.3 is 14.7 Å². The highest BCUT2D eigenvalue weighted by Gasteiger charge is 2.72. The van der Waals surface area contributed by atoms with Crippen LogP contribution in [0.5, 0.6) is 0 Å². The summed E-state index contributed by atoms with van der Waals surface area (Å²) >= 11 is 0. The highest BCUT2D eigenvalue weighted by Crippen LogP contribution is 2.50. The second-order valence-electron chi connectivity index (χ2n) is 6.27. The van der Waals surface area contributed by atoms with Gasteiger partial charge in [0, 0.05) is 6.20 Å². The van der Waals surface area contributed by atoms with Crippen LogP contribution in [0.2, 0.25) is 0 Å². The fraction of sp³-hybridized carbons (Fsp3) is 0.375. The molecule has 10 heteroatoms. The fourth-order valence-corrected chi connectivity index (χ4v) is 5.78. The summed E-state index contributed by atoms with van der Waals surface area (Å²) in [6.07, 6.45) is 2.14. The maximum atomic E-state index is 13.1. The molecule has 3 atom stereocenters. The van der Waals surface area contributed by atoms with Crippen molar-refractivity contribution in [2.24, 2.45) is 0 Å². The normalized spacial score (nSPS) is 30.6. The number of hydrogen-bond donors (Lipinski definition) is 1. The smallest absolute Gasteiger partial charge is 0.328 e. The van der Waals surface area contributed by atoms with Crippen molar-refractivity contribution in [3.8, 4) is 0 Å². The monoisotopic (exact) mass is 380 g/mol. The molecule has 1 N–H and O–H groups in total. The molecule has 0 aliphatic carbocycles. The Labute approximate surface area is 149 Å². The van der Waals surface area contributed by atoms with Gasteiger partial charge in [-0.25, -0.2) is 13.2 Å². The molecule has 2 saturated heterocycles. The molecule has 2 fully saturated rings. The third-order valence-corrected chi connectivity index (χ3v) is 7.49. The van der Waals surface area contributed by atoms with Gasteiger partial charge in [0.15, 0.2) is 21.3 Å². The number of sulfone groups is 1. The van der Waals surface area contributed by atoms with Gasteiger partial charge in [-0.1, -0.05) is 6.07 Å². The fourth-order valence-electron chi connectivity index (χ4n) is 3.41. The summed E-state index contributed by atoms with van der Waals surface area (Å²) in [4.78, 5) is 40.7. The van der Waals surface area contributed by atoms with Crippen molar-refractivity contribution >= 4 is 33.8 Å². The topological polar surface area (TPSA) is 131 Å².